The Balaban J connectivity index is 1.95. The van der Waals surface area contributed by atoms with Crippen molar-refractivity contribution in [3.8, 4) is 11.5 Å². The number of carbonyl (C=O) groups is 1. The van der Waals surface area contributed by atoms with Gasteiger partial charge in [-0.05, 0) is 18.2 Å². The van der Waals surface area contributed by atoms with Crippen molar-refractivity contribution in [2.75, 3.05) is 0 Å². The first kappa shape index (κ1) is 18.2. The fraction of sp³-hybridized carbons (Fsp3) is 0.0588. The Kier molecular flexibility index (Phi) is 4.70. The summed E-state index contributed by atoms with van der Waals surface area (Å²) in [7, 11) is 0. The van der Waals surface area contributed by atoms with Crippen LogP contribution in [0.1, 0.15) is 15.9 Å². The summed E-state index contributed by atoms with van der Waals surface area (Å²) < 4.78 is 9.99. The summed E-state index contributed by atoms with van der Waals surface area (Å²) in [6.45, 7) is -0.436. The van der Waals surface area contributed by atoms with Crippen LogP contribution in [0.5, 0.6) is 11.5 Å². The number of phenols is 2. The highest BCUT2D eigenvalue weighted by Crippen LogP contribution is 2.31. The van der Waals surface area contributed by atoms with E-state index in [0.29, 0.717) is 0 Å². The molecule has 0 atom stereocenters. The lowest BCUT2D eigenvalue weighted by atomic mass is 10.1. The van der Waals surface area contributed by atoms with Gasteiger partial charge in [0.1, 0.15) is 17.8 Å². The van der Waals surface area contributed by atoms with Crippen LogP contribution in [0.4, 0.5) is 5.69 Å². The Bertz CT molecular complexity index is 1140. The summed E-state index contributed by atoms with van der Waals surface area (Å²) in [6.07, 6.45) is 0. The van der Waals surface area contributed by atoms with Crippen molar-refractivity contribution >= 4 is 34.2 Å². The number of ether oxygens (including phenoxy) is 1. The normalized spacial score (nSPS) is 10.7. The number of hydrogen-bond acceptors (Lipinski definition) is 8. The van der Waals surface area contributed by atoms with Gasteiger partial charge in [0.05, 0.1) is 4.92 Å². The number of benzene rings is 2. The van der Waals surface area contributed by atoms with E-state index >= 15 is 0 Å². The molecule has 9 nitrogen and oxygen atoms in total. The molecular weight excluding hydrogens is 382 g/mol. The minimum atomic E-state index is -1.02. The quantitative estimate of drug-likeness (QED) is 0.227. The SMILES string of the molecule is O=C(OCc1cc(=O)oc2cc(O)c(O)cc12)c1cc(Cl)ccc1[N+](=O)[O-]. The first-order valence-corrected chi connectivity index (χ1v) is 7.74. The Morgan fingerprint density at radius 1 is 1.19 bits per heavy atom. The second-order valence-electron chi connectivity index (χ2n) is 5.42. The van der Waals surface area contributed by atoms with Crippen LogP contribution < -0.4 is 5.63 Å². The van der Waals surface area contributed by atoms with Crippen molar-refractivity contribution < 1.29 is 29.1 Å². The molecule has 0 amide bonds. The number of fused-ring (bicyclic) bond motifs is 1. The van der Waals surface area contributed by atoms with Crippen molar-refractivity contribution in [3.63, 3.8) is 0 Å². The fourth-order valence-corrected chi connectivity index (χ4v) is 2.59. The summed E-state index contributed by atoms with van der Waals surface area (Å²) in [6, 6.07) is 6.66. The zero-order valence-corrected chi connectivity index (χ0v) is 14.1. The molecule has 138 valence electrons. The number of phenolic OH excluding ortho intramolecular Hbond substituents is 2. The number of aromatic hydroxyl groups is 2. The third kappa shape index (κ3) is 3.67. The van der Waals surface area contributed by atoms with Gasteiger partial charge < -0.3 is 19.4 Å². The average molecular weight is 392 g/mol. The van der Waals surface area contributed by atoms with Gasteiger partial charge in [-0.1, -0.05) is 11.6 Å². The summed E-state index contributed by atoms with van der Waals surface area (Å²) in [4.78, 5) is 34.2. The van der Waals surface area contributed by atoms with E-state index in [2.05, 4.69) is 0 Å². The van der Waals surface area contributed by atoms with Crippen LogP contribution in [0.15, 0.2) is 45.6 Å². The second kappa shape index (κ2) is 6.96. The molecule has 1 aromatic heterocycles. The molecule has 0 aliphatic carbocycles. The number of rotatable bonds is 4. The van der Waals surface area contributed by atoms with Gasteiger partial charge in [-0.3, -0.25) is 10.1 Å². The topological polar surface area (TPSA) is 140 Å². The van der Waals surface area contributed by atoms with Gasteiger partial charge >= 0.3 is 11.6 Å². The highest BCUT2D eigenvalue weighted by molar-refractivity contribution is 6.31. The van der Waals surface area contributed by atoms with Crippen LogP contribution in [-0.2, 0) is 11.3 Å². The highest BCUT2D eigenvalue weighted by Gasteiger charge is 2.22. The Morgan fingerprint density at radius 2 is 1.89 bits per heavy atom. The highest BCUT2D eigenvalue weighted by atomic mass is 35.5. The van der Waals surface area contributed by atoms with E-state index in [4.69, 9.17) is 20.8 Å². The first-order valence-electron chi connectivity index (χ1n) is 7.36. The van der Waals surface area contributed by atoms with Gasteiger partial charge in [-0.15, -0.1) is 0 Å². The summed E-state index contributed by atoms with van der Waals surface area (Å²) in [5.74, 6) is -1.97. The predicted octanol–water partition coefficient (Wildman–Crippen LogP) is 3.12. The molecule has 1 heterocycles. The van der Waals surface area contributed by atoms with Crippen LogP contribution in [0.25, 0.3) is 11.0 Å². The molecule has 0 saturated carbocycles. The van der Waals surface area contributed by atoms with Gasteiger partial charge in [0.15, 0.2) is 11.5 Å². The average Bonchev–Trinajstić information content (AvgIpc) is 2.60. The van der Waals surface area contributed by atoms with E-state index in [1.54, 1.807) is 0 Å². The Morgan fingerprint density at radius 3 is 2.59 bits per heavy atom. The van der Waals surface area contributed by atoms with Crippen molar-refractivity contribution in [2.24, 2.45) is 0 Å². The lowest BCUT2D eigenvalue weighted by molar-refractivity contribution is -0.385. The van der Waals surface area contributed by atoms with Gasteiger partial charge in [0.25, 0.3) is 5.69 Å². The third-order valence-electron chi connectivity index (χ3n) is 3.66. The van der Waals surface area contributed by atoms with E-state index in [-0.39, 0.29) is 27.1 Å². The molecule has 2 N–H and O–H groups in total. The summed E-state index contributed by atoms with van der Waals surface area (Å²) >= 11 is 5.78. The van der Waals surface area contributed by atoms with Gasteiger partial charge in [-0.25, -0.2) is 9.59 Å². The van der Waals surface area contributed by atoms with Crippen LogP contribution in [0.2, 0.25) is 5.02 Å². The van der Waals surface area contributed by atoms with Crippen LogP contribution in [0.3, 0.4) is 0 Å². The lowest BCUT2D eigenvalue weighted by Gasteiger charge is -2.09. The molecule has 2 aromatic carbocycles. The van der Waals surface area contributed by atoms with Crippen LogP contribution in [-0.4, -0.2) is 21.1 Å². The Hall–Kier alpha value is -3.59. The lowest BCUT2D eigenvalue weighted by Crippen LogP contribution is -2.10. The molecule has 3 rings (SSSR count). The second-order valence-corrected chi connectivity index (χ2v) is 5.86. The van der Waals surface area contributed by atoms with E-state index in [0.717, 1.165) is 30.3 Å². The van der Waals surface area contributed by atoms with Gasteiger partial charge in [0, 0.05) is 34.2 Å². The van der Waals surface area contributed by atoms with Crippen molar-refractivity contribution in [2.45, 2.75) is 6.61 Å². The molecule has 0 fully saturated rings. The minimum absolute atomic E-state index is 0.0300. The number of esters is 1. The van der Waals surface area contributed by atoms with Crippen molar-refractivity contribution in [1.82, 2.24) is 0 Å². The molecule has 0 spiro atoms. The fourth-order valence-electron chi connectivity index (χ4n) is 2.42. The molecule has 10 heteroatoms. The summed E-state index contributed by atoms with van der Waals surface area (Å²) in [5.41, 5.74) is -1.45. The number of nitro groups is 1. The predicted molar refractivity (Wildman–Crippen MR) is 93.0 cm³/mol. The summed E-state index contributed by atoms with van der Waals surface area (Å²) in [5, 5.41) is 30.5. The van der Waals surface area contributed by atoms with E-state index in [1.165, 1.54) is 6.07 Å². The molecule has 0 unspecified atom stereocenters. The molecule has 3 aromatic rings. The van der Waals surface area contributed by atoms with E-state index in [1.807, 2.05) is 0 Å². The number of halogens is 1. The molecule has 0 aliphatic rings. The molecule has 27 heavy (non-hydrogen) atoms. The number of nitrogens with zero attached hydrogens (tertiary/aromatic N) is 1. The van der Waals surface area contributed by atoms with Crippen molar-refractivity contribution in [1.29, 1.82) is 0 Å². The minimum Gasteiger partial charge on any atom is -0.504 e. The van der Waals surface area contributed by atoms with Gasteiger partial charge in [-0.2, -0.15) is 0 Å². The monoisotopic (exact) mass is 391 g/mol. The molecular formula is C17H10ClNO8. The number of nitro benzene ring substituents is 1. The number of hydrogen-bond donors (Lipinski definition) is 2. The van der Waals surface area contributed by atoms with Crippen LogP contribution in [0, 0.1) is 10.1 Å². The largest absolute Gasteiger partial charge is 0.504 e. The maximum atomic E-state index is 12.3. The zero-order chi connectivity index (χ0) is 19.7. The smallest absolute Gasteiger partial charge is 0.345 e. The molecule has 0 aliphatic heterocycles. The zero-order valence-electron chi connectivity index (χ0n) is 13.3. The molecule has 0 saturated heterocycles. The van der Waals surface area contributed by atoms with E-state index in [9.17, 15) is 29.9 Å². The maximum Gasteiger partial charge on any atom is 0.345 e. The van der Waals surface area contributed by atoms with Gasteiger partial charge in [0.2, 0.25) is 0 Å². The van der Waals surface area contributed by atoms with Crippen LogP contribution >= 0.6 is 11.6 Å². The maximum absolute atomic E-state index is 12.3. The van der Waals surface area contributed by atoms with E-state index < -0.39 is 40.3 Å². The number of carbonyl (C=O) groups excluding carboxylic acids is 1. The Labute approximate surface area is 155 Å². The standard InChI is InChI=1S/C17H10ClNO8/c18-9-1-2-12(19(24)25)11(4-9)17(23)26-7-8-3-16(22)27-15-6-14(21)13(20)5-10(8)15/h1-6,20-21H,7H2. The molecule has 0 bridgehead atoms. The molecule has 0 radical (unpaired) electrons. The van der Waals surface area contributed by atoms with Crippen molar-refractivity contribution in [3.05, 3.63) is 73.1 Å². The third-order valence-corrected chi connectivity index (χ3v) is 3.89. The first-order chi connectivity index (χ1) is 12.8.